The Morgan fingerprint density at radius 2 is 2.00 bits per heavy atom. The molecule has 0 radical (unpaired) electrons. The third-order valence-corrected chi connectivity index (χ3v) is 0.433. The first-order valence-electron chi connectivity index (χ1n) is 1.82. The van der Waals surface area contributed by atoms with Gasteiger partial charge in [-0.15, -0.1) is 0 Å². The van der Waals surface area contributed by atoms with Crippen LogP contribution in [0.2, 0.25) is 0 Å². The van der Waals surface area contributed by atoms with Crippen molar-refractivity contribution < 1.29 is 18.6 Å². The summed E-state index contributed by atoms with van der Waals surface area (Å²) in [7, 11) is 0. The molecule has 0 rings (SSSR count). The Hall–Kier alpha value is -1.05. The predicted molar refractivity (Wildman–Crippen MR) is 26.0 cm³/mol. The number of hydrogen-bond acceptors (Lipinski definition) is 2. The highest BCUT2D eigenvalue weighted by molar-refractivity contribution is 5.67. The maximum Gasteiger partial charge on any atom is 0.302 e. The second-order valence-corrected chi connectivity index (χ2v) is 1.01. The fraction of sp³-hybridized carbons (Fsp3) is 0.500. The summed E-state index contributed by atoms with van der Waals surface area (Å²) in [6.07, 6.45) is -0.286. The van der Waals surface area contributed by atoms with Crippen LogP contribution in [0.15, 0.2) is 0 Å². The minimum absolute atomic E-state index is 0. The number of carbonyl (C=O) groups is 1. The lowest BCUT2D eigenvalue weighted by Crippen LogP contribution is -1.83. The monoisotopic (exact) mass is 141 g/mol. The van der Waals surface area contributed by atoms with Crippen molar-refractivity contribution >= 4 is 6.04 Å². The van der Waals surface area contributed by atoms with Gasteiger partial charge in [0.2, 0.25) is 0 Å². The first kappa shape index (κ1) is 15.7. The van der Waals surface area contributed by atoms with Crippen molar-refractivity contribution in [3.63, 3.8) is 0 Å². The Labute approximate surface area is 50.0 Å². The van der Waals surface area contributed by atoms with Crippen molar-refractivity contribution in [2.24, 2.45) is 0 Å². The van der Waals surface area contributed by atoms with E-state index in [4.69, 9.17) is 5.26 Å². The van der Waals surface area contributed by atoms with Crippen LogP contribution in [0.5, 0.6) is 0 Å². The number of nitriles is 1. The molecular weight excluding hydrogens is 135 g/mol. The van der Waals surface area contributed by atoms with Gasteiger partial charge in [-0.25, -0.2) is 0 Å². The highest BCUT2D eigenvalue weighted by Gasteiger charge is 1.93. The lowest BCUT2D eigenvalue weighted by molar-refractivity contribution is -0.129. The maximum absolute atomic E-state index is 11.1. The summed E-state index contributed by atoms with van der Waals surface area (Å²) in [5.74, 6) is 0. The molecule has 54 valence electrons. The highest BCUT2D eigenvalue weighted by Crippen LogP contribution is 1.87. The summed E-state index contributed by atoms with van der Waals surface area (Å²) in [6, 6.07) is 0.223. The second kappa shape index (κ2) is 10.0. The summed E-state index contributed by atoms with van der Waals surface area (Å²) in [5.41, 5.74) is 0. The molecule has 0 aliphatic rings. The molecule has 0 bridgehead atoms. The molecule has 0 fully saturated rings. The Kier molecular flexibility index (Phi) is 17.5. The van der Waals surface area contributed by atoms with E-state index in [2.05, 4.69) is 0 Å². The average Bonchev–Trinajstić information content (AvgIpc) is 1.61. The van der Waals surface area contributed by atoms with Crippen molar-refractivity contribution in [3.05, 3.63) is 0 Å². The van der Waals surface area contributed by atoms with Gasteiger partial charge in [-0.1, -0.05) is 0 Å². The zero-order valence-electron chi connectivity index (χ0n) is 4.46. The molecule has 0 amide bonds. The largest absolute Gasteiger partial charge is 0.302 e. The zero-order chi connectivity index (χ0) is 5.70. The van der Waals surface area contributed by atoms with Gasteiger partial charge in [0.05, 0.1) is 12.5 Å². The Balaban J connectivity index is -0.000000180. The van der Waals surface area contributed by atoms with Crippen LogP contribution < -0.4 is 0 Å². The zero-order valence-corrected chi connectivity index (χ0v) is 4.46. The molecule has 0 heterocycles. The molecule has 0 unspecified atom stereocenters. The van der Waals surface area contributed by atoms with E-state index in [0.29, 0.717) is 0 Å². The van der Waals surface area contributed by atoms with E-state index >= 15 is 0 Å². The van der Waals surface area contributed by atoms with Gasteiger partial charge in [0.15, 0.2) is 0 Å². The molecule has 0 saturated heterocycles. The summed E-state index contributed by atoms with van der Waals surface area (Å²) in [4.78, 5) is 9.38. The van der Waals surface area contributed by atoms with Crippen LogP contribution >= 0.6 is 0 Å². The molecule has 0 aliphatic carbocycles. The molecule has 0 aliphatic heterocycles. The predicted octanol–water partition coefficient (Wildman–Crippen LogP) is 1.09. The van der Waals surface area contributed by atoms with Gasteiger partial charge < -0.3 is 0 Å². The van der Waals surface area contributed by atoms with Gasteiger partial charge in [-0.05, 0) is 0 Å². The third kappa shape index (κ3) is 19.6. The molecule has 0 N–H and O–H groups in total. The lowest BCUT2D eigenvalue weighted by atomic mass is 10.4. The van der Waals surface area contributed by atoms with E-state index in [-0.39, 0.29) is 22.3 Å². The van der Waals surface area contributed by atoms with Crippen LogP contribution in [0, 0.1) is 11.3 Å². The number of hydrogen-bond donors (Lipinski definition) is 0. The van der Waals surface area contributed by atoms with Gasteiger partial charge in [-0.2, -0.15) is 9.65 Å². The highest BCUT2D eigenvalue weighted by atomic mass is 19.1. The average molecular weight is 141 g/mol. The van der Waals surface area contributed by atoms with Crippen LogP contribution in [0.4, 0.5) is 13.8 Å². The standard InChI is InChI=1S/C4H4FNO.2FH/c5-4(7)2-1-3-6;;/h1-2H2;2*1H. The molecule has 5 heteroatoms. The smallest absolute Gasteiger partial charge is 0.269 e. The van der Waals surface area contributed by atoms with E-state index in [0.717, 1.165) is 0 Å². The van der Waals surface area contributed by atoms with Crippen molar-refractivity contribution in [1.82, 2.24) is 0 Å². The fourth-order valence-electron chi connectivity index (χ4n) is 0.154. The Morgan fingerprint density at radius 1 is 1.56 bits per heavy atom. The summed E-state index contributed by atoms with van der Waals surface area (Å²) in [5, 5.41) is 7.75. The second-order valence-electron chi connectivity index (χ2n) is 1.01. The molecule has 0 atom stereocenters. The molecule has 0 aromatic heterocycles. The van der Waals surface area contributed by atoms with E-state index in [1.807, 2.05) is 0 Å². The van der Waals surface area contributed by atoms with Crippen molar-refractivity contribution in [3.8, 4) is 6.07 Å². The van der Waals surface area contributed by atoms with E-state index < -0.39 is 6.04 Å². The topological polar surface area (TPSA) is 40.9 Å². The molecular formula is C4H6F3NO. The number of rotatable bonds is 2. The first-order chi connectivity index (χ1) is 3.27. The molecule has 0 aromatic carbocycles. The molecule has 2 nitrogen and oxygen atoms in total. The van der Waals surface area contributed by atoms with Gasteiger partial charge in [0.25, 0.3) is 0 Å². The van der Waals surface area contributed by atoms with Gasteiger partial charge in [-0.3, -0.25) is 14.2 Å². The Bertz CT molecular complexity index is 109. The SMILES string of the molecule is F.F.N#CCCC(=O)F. The van der Waals surface area contributed by atoms with Gasteiger partial charge >= 0.3 is 6.04 Å². The molecule has 0 saturated carbocycles. The maximum atomic E-state index is 11.1. The summed E-state index contributed by atoms with van der Waals surface area (Å²) >= 11 is 0. The minimum atomic E-state index is -1.42. The summed E-state index contributed by atoms with van der Waals surface area (Å²) in [6.45, 7) is 0. The van der Waals surface area contributed by atoms with Crippen LogP contribution in [0.25, 0.3) is 0 Å². The van der Waals surface area contributed by atoms with Gasteiger partial charge in [0, 0.05) is 6.42 Å². The van der Waals surface area contributed by atoms with E-state index in [9.17, 15) is 9.18 Å². The molecule has 9 heavy (non-hydrogen) atoms. The summed E-state index contributed by atoms with van der Waals surface area (Å²) < 4.78 is 11.1. The number of carbonyl (C=O) groups excluding carboxylic acids is 1. The third-order valence-electron chi connectivity index (χ3n) is 0.433. The fourth-order valence-corrected chi connectivity index (χ4v) is 0.154. The Morgan fingerprint density at radius 3 is 2.11 bits per heavy atom. The van der Waals surface area contributed by atoms with Crippen molar-refractivity contribution in [2.75, 3.05) is 0 Å². The minimum Gasteiger partial charge on any atom is -0.269 e. The van der Waals surface area contributed by atoms with E-state index in [1.54, 1.807) is 6.07 Å². The van der Waals surface area contributed by atoms with Crippen LogP contribution in [0.1, 0.15) is 12.8 Å². The first-order valence-corrected chi connectivity index (χ1v) is 1.82. The van der Waals surface area contributed by atoms with Crippen molar-refractivity contribution in [2.45, 2.75) is 12.8 Å². The molecule has 0 spiro atoms. The quantitative estimate of drug-likeness (QED) is 0.540. The van der Waals surface area contributed by atoms with Gasteiger partial charge in [0.1, 0.15) is 0 Å². The van der Waals surface area contributed by atoms with Crippen LogP contribution in [-0.4, -0.2) is 6.04 Å². The number of nitrogens with zero attached hydrogens (tertiary/aromatic N) is 1. The normalized spacial score (nSPS) is 5.78. The van der Waals surface area contributed by atoms with Crippen molar-refractivity contribution in [1.29, 1.82) is 5.26 Å². The van der Waals surface area contributed by atoms with E-state index in [1.165, 1.54) is 0 Å². The van der Waals surface area contributed by atoms with Crippen LogP contribution in [-0.2, 0) is 4.79 Å². The lowest BCUT2D eigenvalue weighted by Gasteiger charge is -1.74. The van der Waals surface area contributed by atoms with Crippen LogP contribution in [0.3, 0.4) is 0 Å². The molecule has 0 aromatic rings. The number of halogens is 3.